The van der Waals surface area contributed by atoms with Crippen molar-refractivity contribution in [1.82, 2.24) is 24.5 Å². The van der Waals surface area contributed by atoms with E-state index in [1.165, 1.54) is 6.20 Å². The van der Waals surface area contributed by atoms with E-state index in [4.69, 9.17) is 0 Å². The van der Waals surface area contributed by atoms with Crippen molar-refractivity contribution in [1.29, 1.82) is 0 Å². The Balaban J connectivity index is 1.06. The maximum absolute atomic E-state index is 12.7. The lowest BCUT2D eigenvalue weighted by Crippen LogP contribution is -2.72. The van der Waals surface area contributed by atoms with Gasteiger partial charge in [0.1, 0.15) is 0 Å². The summed E-state index contributed by atoms with van der Waals surface area (Å²) < 4.78 is 52.5. The summed E-state index contributed by atoms with van der Waals surface area (Å²) in [6.45, 7) is 2.83. The van der Waals surface area contributed by atoms with E-state index in [0.29, 0.717) is 36.9 Å². The van der Waals surface area contributed by atoms with Crippen LogP contribution in [0.1, 0.15) is 43.5 Å². The molecule has 31 heavy (non-hydrogen) atoms. The predicted octanol–water partition coefficient (Wildman–Crippen LogP) is 2.36. The van der Waals surface area contributed by atoms with Crippen molar-refractivity contribution < 1.29 is 22.2 Å². The van der Waals surface area contributed by atoms with E-state index in [9.17, 15) is 22.2 Å². The number of rotatable bonds is 2. The Hall–Kier alpha value is -1.75. The number of urea groups is 1. The number of carbonyl (C=O) groups excluding carboxylic acids is 1. The first-order valence-electron chi connectivity index (χ1n) is 10.7. The molecule has 4 aliphatic rings. The van der Waals surface area contributed by atoms with Crippen molar-refractivity contribution >= 4 is 17.0 Å². The predicted molar refractivity (Wildman–Crippen MR) is 107 cm³/mol. The molecule has 1 aromatic rings. The molecule has 4 heterocycles. The highest BCUT2D eigenvalue weighted by molar-refractivity contribution is 7.83. The highest BCUT2D eigenvalue weighted by Crippen LogP contribution is 2.47. The molecule has 1 unspecified atom stereocenters. The Morgan fingerprint density at radius 1 is 1.10 bits per heavy atom. The number of likely N-dealkylation sites (tertiary alicyclic amines) is 2. The first-order chi connectivity index (χ1) is 14.7. The Kier molecular flexibility index (Phi) is 5.04. The average molecular weight is 458 g/mol. The van der Waals surface area contributed by atoms with Crippen LogP contribution in [-0.4, -0.2) is 67.5 Å². The van der Waals surface area contributed by atoms with E-state index < -0.39 is 22.9 Å². The lowest BCUT2D eigenvalue weighted by molar-refractivity contribution is -0.141. The topological polar surface area (TPSA) is 78.4 Å². The molecule has 11 heteroatoms. The molecule has 7 nitrogen and oxygen atoms in total. The second kappa shape index (κ2) is 7.40. The van der Waals surface area contributed by atoms with Gasteiger partial charge in [-0.15, -0.1) is 0 Å². The van der Waals surface area contributed by atoms with Crippen LogP contribution in [-0.2, 0) is 23.6 Å². The molecule has 1 aromatic heterocycles. The third-order valence-electron chi connectivity index (χ3n) is 7.34. The second-order valence-electron chi connectivity index (χ2n) is 9.71. The van der Waals surface area contributed by atoms with Crippen LogP contribution in [0.4, 0.5) is 18.0 Å². The van der Waals surface area contributed by atoms with Gasteiger partial charge in [-0.05, 0) is 44.4 Å². The highest BCUT2D eigenvalue weighted by atomic mass is 32.2. The van der Waals surface area contributed by atoms with Gasteiger partial charge in [0.05, 0.1) is 28.4 Å². The van der Waals surface area contributed by atoms with Crippen molar-refractivity contribution in [3.05, 3.63) is 23.8 Å². The third-order valence-corrected chi connectivity index (χ3v) is 8.57. The molecule has 1 atom stereocenters. The standard InChI is InChI=1S/C20H26F3N5O2S/c21-20(22,23)16-9-24-15(8-25-16)7-14-1-3-18(4-2-14)10-27(11-18)17(29)28-12-19(13-28)5-6-31(30)26-19/h8-9,14,26H,1-7,10-13H2. The first kappa shape index (κ1) is 21.1. The van der Waals surface area contributed by atoms with E-state index in [2.05, 4.69) is 14.7 Å². The Morgan fingerprint density at radius 3 is 2.32 bits per heavy atom. The number of nitrogens with one attached hydrogen (secondary N) is 1. The van der Waals surface area contributed by atoms with Gasteiger partial charge in [0.2, 0.25) is 0 Å². The number of amides is 2. The van der Waals surface area contributed by atoms with Gasteiger partial charge in [0, 0.05) is 43.5 Å². The Morgan fingerprint density at radius 2 is 1.77 bits per heavy atom. The summed E-state index contributed by atoms with van der Waals surface area (Å²) in [5.74, 6) is 1.06. The molecular weight excluding hydrogens is 431 g/mol. The van der Waals surface area contributed by atoms with Gasteiger partial charge < -0.3 is 9.80 Å². The number of alkyl halides is 3. The van der Waals surface area contributed by atoms with E-state index in [0.717, 1.165) is 51.4 Å². The van der Waals surface area contributed by atoms with Gasteiger partial charge in [0.15, 0.2) is 5.69 Å². The van der Waals surface area contributed by atoms with Crippen LogP contribution in [0.3, 0.4) is 0 Å². The molecule has 170 valence electrons. The molecule has 1 N–H and O–H groups in total. The summed E-state index contributed by atoms with van der Waals surface area (Å²) >= 11 is 0. The molecule has 5 rings (SSSR count). The van der Waals surface area contributed by atoms with Crippen LogP contribution < -0.4 is 4.72 Å². The molecule has 0 radical (unpaired) electrons. The van der Waals surface area contributed by atoms with Gasteiger partial charge in [-0.2, -0.15) is 13.2 Å². The van der Waals surface area contributed by atoms with Gasteiger partial charge in [-0.3, -0.25) is 4.98 Å². The summed E-state index contributed by atoms with van der Waals surface area (Å²) in [5, 5.41) is 0. The number of halogens is 3. The summed E-state index contributed by atoms with van der Waals surface area (Å²) in [5.41, 5.74) is -0.300. The molecule has 2 amide bonds. The second-order valence-corrected chi connectivity index (χ2v) is 11.0. The van der Waals surface area contributed by atoms with E-state index in [1.54, 1.807) is 0 Å². The number of hydrogen-bond donors (Lipinski definition) is 1. The minimum atomic E-state index is -4.46. The molecule has 2 spiro atoms. The molecule has 1 aliphatic carbocycles. The van der Waals surface area contributed by atoms with Crippen LogP contribution in [0.15, 0.2) is 12.4 Å². The first-order valence-corrected chi connectivity index (χ1v) is 12.1. The molecule has 0 bridgehead atoms. The van der Waals surface area contributed by atoms with Crippen molar-refractivity contribution in [2.75, 3.05) is 31.9 Å². The lowest BCUT2D eigenvalue weighted by atomic mass is 9.65. The minimum absolute atomic E-state index is 0.0814. The quantitative estimate of drug-likeness (QED) is 0.740. The summed E-state index contributed by atoms with van der Waals surface area (Å²) in [6.07, 6.45) is 3.14. The van der Waals surface area contributed by atoms with Crippen LogP contribution in [0, 0.1) is 11.3 Å². The molecule has 4 fully saturated rings. The number of aromatic nitrogens is 2. The van der Waals surface area contributed by atoms with Crippen LogP contribution in [0.2, 0.25) is 0 Å². The van der Waals surface area contributed by atoms with Crippen molar-refractivity contribution in [2.45, 2.75) is 50.2 Å². The number of nitrogens with zero attached hydrogens (tertiary/aromatic N) is 4. The number of carbonyl (C=O) groups is 1. The molecule has 3 aliphatic heterocycles. The van der Waals surface area contributed by atoms with Crippen molar-refractivity contribution in [2.24, 2.45) is 11.3 Å². The zero-order chi connectivity index (χ0) is 21.9. The SMILES string of the molecule is O=C(N1CC2(CCC(Cc3cnc(C(F)(F)F)cn3)CC2)C1)N1CC2(CCS(=O)N2)C1. The van der Waals surface area contributed by atoms with Crippen molar-refractivity contribution in [3.8, 4) is 0 Å². The molecular formula is C20H26F3N5O2S. The van der Waals surface area contributed by atoms with E-state index in [-0.39, 0.29) is 17.0 Å². The minimum Gasteiger partial charge on any atom is -0.323 e. The van der Waals surface area contributed by atoms with E-state index in [1.807, 2.05) is 9.80 Å². The highest BCUT2D eigenvalue weighted by Gasteiger charge is 2.53. The fraction of sp³-hybridized carbons (Fsp3) is 0.750. The van der Waals surface area contributed by atoms with Crippen LogP contribution in [0.5, 0.6) is 0 Å². The Labute approximate surface area is 181 Å². The van der Waals surface area contributed by atoms with Crippen LogP contribution in [0.25, 0.3) is 0 Å². The summed E-state index contributed by atoms with van der Waals surface area (Å²) in [4.78, 5) is 23.9. The van der Waals surface area contributed by atoms with Crippen molar-refractivity contribution in [3.63, 3.8) is 0 Å². The van der Waals surface area contributed by atoms with Gasteiger partial charge >= 0.3 is 12.2 Å². The maximum atomic E-state index is 12.7. The normalized spacial score (nSPS) is 27.4. The number of hydrogen-bond acceptors (Lipinski definition) is 4. The van der Waals surface area contributed by atoms with Gasteiger partial charge in [0.25, 0.3) is 0 Å². The van der Waals surface area contributed by atoms with Crippen LogP contribution >= 0.6 is 0 Å². The smallest absolute Gasteiger partial charge is 0.323 e. The van der Waals surface area contributed by atoms with E-state index >= 15 is 0 Å². The maximum Gasteiger partial charge on any atom is 0.434 e. The lowest BCUT2D eigenvalue weighted by Gasteiger charge is -2.57. The zero-order valence-corrected chi connectivity index (χ0v) is 18.0. The summed E-state index contributed by atoms with van der Waals surface area (Å²) in [6, 6.07) is 0.0814. The fourth-order valence-corrected chi connectivity index (χ4v) is 6.88. The third kappa shape index (κ3) is 4.06. The Bertz CT molecular complexity index is 872. The average Bonchev–Trinajstić information content (AvgIpc) is 3.07. The monoisotopic (exact) mass is 457 g/mol. The van der Waals surface area contributed by atoms with Gasteiger partial charge in [-0.1, -0.05) is 0 Å². The molecule has 3 saturated heterocycles. The largest absolute Gasteiger partial charge is 0.434 e. The zero-order valence-electron chi connectivity index (χ0n) is 17.2. The summed E-state index contributed by atoms with van der Waals surface area (Å²) in [7, 11) is -0.960. The molecule has 1 saturated carbocycles. The molecule has 0 aromatic carbocycles. The fourth-order valence-electron chi connectivity index (χ4n) is 5.49. The van der Waals surface area contributed by atoms with Gasteiger partial charge in [-0.25, -0.2) is 18.7 Å².